The van der Waals surface area contributed by atoms with Crippen LogP contribution in [0.2, 0.25) is 0 Å². The Labute approximate surface area is 114 Å². The molecule has 1 heterocycles. The number of rotatable bonds is 2. The van der Waals surface area contributed by atoms with E-state index in [1.807, 2.05) is 0 Å². The number of hydrogen-bond acceptors (Lipinski definition) is 0. The summed E-state index contributed by atoms with van der Waals surface area (Å²) in [5.74, 6) is 0. The van der Waals surface area contributed by atoms with Gasteiger partial charge in [-0.05, 0) is 38.0 Å². The highest BCUT2D eigenvalue weighted by Crippen LogP contribution is 2.18. The zero-order valence-electron chi connectivity index (χ0n) is 11.7. The maximum Gasteiger partial charge on any atom is 0.253 e. The summed E-state index contributed by atoms with van der Waals surface area (Å²) in [4.78, 5) is 0. The fourth-order valence-corrected chi connectivity index (χ4v) is 2.86. The van der Waals surface area contributed by atoms with E-state index in [1.165, 1.54) is 28.1 Å². The molecule has 0 bridgehead atoms. The average Bonchev–Trinajstić information content (AvgIpc) is 2.97. The first kappa shape index (κ1) is 12.0. The number of nitrogens with zero attached hydrogens (tertiary/aromatic N) is 2. The average molecular weight is 251 g/mol. The van der Waals surface area contributed by atoms with Crippen molar-refractivity contribution in [3.63, 3.8) is 0 Å². The third kappa shape index (κ3) is 2.14. The van der Waals surface area contributed by atoms with E-state index in [0.717, 1.165) is 6.42 Å². The van der Waals surface area contributed by atoms with E-state index in [4.69, 9.17) is 0 Å². The Morgan fingerprint density at radius 2 is 1.84 bits per heavy atom. The molecule has 0 saturated heterocycles. The van der Waals surface area contributed by atoms with Crippen molar-refractivity contribution in [2.24, 2.45) is 0 Å². The van der Waals surface area contributed by atoms with Crippen molar-refractivity contribution < 1.29 is 4.57 Å². The molecule has 0 unspecified atom stereocenters. The van der Waals surface area contributed by atoms with Crippen molar-refractivity contribution in [3.05, 3.63) is 65.8 Å². The molecule has 3 rings (SSSR count). The van der Waals surface area contributed by atoms with Gasteiger partial charge in [-0.2, -0.15) is 0 Å². The highest BCUT2D eigenvalue weighted by Gasteiger charge is 2.15. The Balaban J connectivity index is 2.04. The minimum Gasteiger partial charge on any atom is -0.206 e. The van der Waals surface area contributed by atoms with Crippen LogP contribution in [-0.2, 0) is 0 Å². The molecule has 0 fully saturated rings. The van der Waals surface area contributed by atoms with Crippen LogP contribution in [0.15, 0.2) is 49.1 Å². The fourth-order valence-electron chi connectivity index (χ4n) is 2.86. The molecule has 1 aromatic carbocycles. The summed E-state index contributed by atoms with van der Waals surface area (Å²) in [5, 5.41) is 0. The molecule has 1 aromatic heterocycles. The third-order valence-electron chi connectivity index (χ3n) is 3.61. The van der Waals surface area contributed by atoms with Crippen LogP contribution in [0, 0.1) is 20.8 Å². The van der Waals surface area contributed by atoms with Crippen LogP contribution in [0.25, 0.3) is 11.4 Å². The Hall–Kier alpha value is -2.09. The van der Waals surface area contributed by atoms with Crippen molar-refractivity contribution in [3.8, 4) is 5.69 Å². The normalized spacial score (nSPS) is 13.9. The maximum absolute atomic E-state index is 2.24. The van der Waals surface area contributed by atoms with Crippen molar-refractivity contribution in [1.82, 2.24) is 4.57 Å². The number of benzene rings is 1. The molecule has 19 heavy (non-hydrogen) atoms. The molecular formula is C17H19N2+. The molecule has 0 radical (unpaired) electrons. The first-order chi connectivity index (χ1) is 9.15. The smallest absolute Gasteiger partial charge is 0.206 e. The molecule has 2 nitrogen and oxygen atoms in total. The van der Waals surface area contributed by atoms with Crippen molar-refractivity contribution in [1.29, 1.82) is 0 Å². The summed E-state index contributed by atoms with van der Waals surface area (Å²) >= 11 is 0. The first-order valence-corrected chi connectivity index (χ1v) is 6.69. The molecule has 0 atom stereocenters. The largest absolute Gasteiger partial charge is 0.253 e. The molecule has 2 heteroatoms. The van der Waals surface area contributed by atoms with Gasteiger partial charge in [-0.3, -0.25) is 0 Å². The second-order valence-electron chi connectivity index (χ2n) is 5.27. The molecule has 0 spiro atoms. The van der Waals surface area contributed by atoms with E-state index < -0.39 is 0 Å². The van der Waals surface area contributed by atoms with Crippen LogP contribution in [0.4, 0.5) is 0 Å². The summed E-state index contributed by atoms with van der Waals surface area (Å²) in [7, 11) is 0. The topological polar surface area (TPSA) is 8.81 Å². The highest BCUT2D eigenvalue weighted by molar-refractivity contribution is 5.53. The monoisotopic (exact) mass is 251 g/mol. The molecular weight excluding hydrogens is 232 g/mol. The maximum atomic E-state index is 2.24. The molecule has 2 aromatic rings. The van der Waals surface area contributed by atoms with E-state index in [-0.39, 0.29) is 0 Å². The van der Waals surface area contributed by atoms with Gasteiger partial charge >= 0.3 is 0 Å². The Morgan fingerprint density at radius 1 is 1.11 bits per heavy atom. The molecule has 96 valence electrons. The summed E-state index contributed by atoms with van der Waals surface area (Å²) in [6.45, 7) is 6.50. The summed E-state index contributed by atoms with van der Waals surface area (Å²) in [5.41, 5.74) is 6.57. The van der Waals surface area contributed by atoms with Crippen LogP contribution >= 0.6 is 0 Å². The minimum atomic E-state index is 1.01. The van der Waals surface area contributed by atoms with Gasteiger partial charge in [-0.25, -0.2) is 9.13 Å². The SMILES string of the molecule is Cc1cc(C)c(-[n+]2ccn(C3=CC=CC3)c2)c(C)c1. The zero-order valence-corrected chi connectivity index (χ0v) is 11.7. The number of allylic oxidation sites excluding steroid dienone is 4. The fraction of sp³-hybridized carbons (Fsp3) is 0.235. The van der Waals surface area contributed by atoms with Crippen molar-refractivity contribution >= 4 is 5.70 Å². The van der Waals surface area contributed by atoms with Crippen LogP contribution in [0.5, 0.6) is 0 Å². The number of hydrogen-bond donors (Lipinski definition) is 0. The van der Waals surface area contributed by atoms with Gasteiger partial charge < -0.3 is 0 Å². The number of aromatic nitrogens is 2. The van der Waals surface area contributed by atoms with Gasteiger partial charge in [0.2, 0.25) is 0 Å². The van der Waals surface area contributed by atoms with E-state index in [0.29, 0.717) is 0 Å². The van der Waals surface area contributed by atoms with Gasteiger partial charge in [-0.15, -0.1) is 0 Å². The van der Waals surface area contributed by atoms with Crippen molar-refractivity contribution in [2.75, 3.05) is 0 Å². The molecule has 1 aliphatic carbocycles. The highest BCUT2D eigenvalue weighted by atomic mass is 15.1. The van der Waals surface area contributed by atoms with Gasteiger partial charge in [0.05, 0.1) is 0 Å². The Morgan fingerprint density at radius 3 is 2.47 bits per heavy atom. The second-order valence-corrected chi connectivity index (χ2v) is 5.27. The van der Waals surface area contributed by atoms with Crippen LogP contribution < -0.4 is 4.57 Å². The molecule has 0 aliphatic heterocycles. The lowest BCUT2D eigenvalue weighted by molar-refractivity contribution is -0.595. The lowest BCUT2D eigenvalue weighted by Crippen LogP contribution is -2.30. The summed E-state index contributed by atoms with van der Waals surface area (Å²) in [6.07, 6.45) is 13.9. The van der Waals surface area contributed by atoms with Crippen molar-refractivity contribution in [2.45, 2.75) is 27.2 Å². The first-order valence-electron chi connectivity index (χ1n) is 6.69. The number of aryl methyl sites for hydroxylation is 3. The van der Waals surface area contributed by atoms with E-state index in [9.17, 15) is 0 Å². The molecule has 0 saturated carbocycles. The van der Waals surface area contributed by atoms with Gasteiger partial charge in [0.1, 0.15) is 23.8 Å². The zero-order chi connectivity index (χ0) is 13.4. The molecule has 0 N–H and O–H groups in total. The quantitative estimate of drug-likeness (QED) is 0.722. The van der Waals surface area contributed by atoms with Gasteiger partial charge in [0.25, 0.3) is 6.33 Å². The molecule has 1 aliphatic rings. The molecule has 0 amide bonds. The number of imidazole rings is 1. The van der Waals surface area contributed by atoms with E-state index >= 15 is 0 Å². The predicted octanol–water partition coefficient (Wildman–Crippen LogP) is 3.49. The summed E-state index contributed by atoms with van der Waals surface area (Å²) < 4.78 is 4.40. The Kier molecular flexibility index (Phi) is 2.86. The van der Waals surface area contributed by atoms with E-state index in [1.54, 1.807) is 0 Å². The van der Waals surface area contributed by atoms with Crippen LogP contribution in [0.3, 0.4) is 0 Å². The summed E-state index contributed by atoms with van der Waals surface area (Å²) in [6, 6.07) is 4.48. The predicted molar refractivity (Wildman–Crippen MR) is 78.2 cm³/mol. The second kappa shape index (κ2) is 4.54. The third-order valence-corrected chi connectivity index (χ3v) is 3.61. The van der Waals surface area contributed by atoms with Crippen LogP contribution in [0.1, 0.15) is 23.1 Å². The minimum absolute atomic E-state index is 1.01. The van der Waals surface area contributed by atoms with E-state index in [2.05, 4.69) is 79.0 Å². The lowest BCUT2D eigenvalue weighted by atomic mass is 10.1. The van der Waals surface area contributed by atoms with Crippen LogP contribution in [-0.4, -0.2) is 4.57 Å². The standard InChI is InChI=1S/C17H19N2/c1-13-10-14(2)17(15(3)11-13)19-9-8-18(12-19)16-6-4-5-7-16/h4-6,8-12H,7H2,1-3H3/q+1. The lowest BCUT2D eigenvalue weighted by Gasteiger charge is -2.07. The van der Waals surface area contributed by atoms with Gasteiger partial charge in [-0.1, -0.05) is 29.8 Å². The Bertz CT molecular complexity index is 664. The van der Waals surface area contributed by atoms with Gasteiger partial charge in [0, 0.05) is 6.42 Å². The van der Waals surface area contributed by atoms with Gasteiger partial charge in [0.15, 0.2) is 0 Å².